The summed E-state index contributed by atoms with van der Waals surface area (Å²) in [6, 6.07) is 20.1. The minimum absolute atomic E-state index is 0.00583. The Hall–Kier alpha value is -3.80. The fourth-order valence-corrected chi connectivity index (χ4v) is 4.78. The van der Waals surface area contributed by atoms with Gasteiger partial charge in [0.25, 0.3) is 0 Å². The summed E-state index contributed by atoms with van der Waals surface area (Å²) in [4.78, 5) is 27.2. The van der Waals surface area contributed by atoms with Gasteiger partial charge in [-0.1, -0.05) is 43.3 Å². The predicted molar refractivity (Wildman–Crippen MR) is 140 cm³/mol. The molecule has 2 aliphatic rings. The van der Waals surface area contributed by atoms with Gasteiger partial charge in [-0.25, -0.2) is 0 Å². The van der Waals surface area contributed by atoms with Crippen molar-refractivity contribution in [3.8, 4) is 22.6 Å². The number of hydrogen-bond donors (Lipinski definition) is 1. The lowest BCUT2D eigenvalue weighted by atomic mass is 9.94. The number of nitrogens with zero attached hydrogens (tertiary/aromatic N) is 1. The van der Waals surface area contributed by atoms with Crippen LogP contribution in [0.4, 0.5) is 5.69 Å². The molecule has 0 saturated heterocycles. The van der Waals surface area contributed by atoms with Crippen molar-refractivity contribution in [2.24, 2.45) is 0 Å². The Morgan fingerprint density at radius 2 is 1.72 bits per heavy atom. The number of aryl methyl sites for hydroxylation is 1. The molecule has 0 bridgehead atoms. The van der Waals surface area contributed by atoms with Crippen LogP contribution in [-0.2, 0) is 21.5 Å². The number of carbonyl (C=O) groups excluding carboxylic acids is 2. The molecule has 0 radical (unpaired) electrons. The summed E-state index contributed by atoms with van der Waals surface area (Å²) in [5.74, 6) is 1.60. The number of ether oxygens (including phenoxy) is 2. The van der Waals surface area contributed by atoms with Gasteiger partial charge >= 0.3 is 0 Å². The molecule has 0 aromatic heterocycles. The van der Waals surface area contributed by atoms with E-state index in [0.29, 0.717) is 18.7 Å². The van der Waals surface area contributed by atoms with E-state index in [9.17, 15) is 9.59 Å². The zero-order valence-corrected chi connectivity index (χ0v) is 21.1. The summed E-state index contributed by atoms with van der Waals surface area (Å²) in [7, 11) is 1.85. The second-order valence-electron chi connectivity index (χ2n) is 9.83. The largest absolute Gasteiger partial charge is 0.454 e. The minimum atomic E-state index is -0.519. The van der Waals surface area contributed by atoms with Crippen LogP contribution in [-0.4, -0.2) is 30.6 Å². The van der Waals surface area contributed by atoms with Crippen LogP contribution in [0, 0.1) is 6.92 Å². The van der Waals surface area contributed by atoms with E-state index in [-0.39, 0.29) is 18.6 Å². The van der Waals surface area contributed by atoms with Gasteiger partial charge in [-0.3, -0.25) is 9.59 Å². The average Bonchev–Trinajstić information content (AvgIpc) is 3.56. The van der Waals surface area contributed by atoms with Crippen molar-refractivity contribution in [2.75, 3.05) is 19.2 Å². The molecule has 3 aromatic carbocycles. The van der Waals surface area contributed by atoms with Gasteiger partial charge in [-0.05, 0) is 78.3 Å². The highest BCUT2D eigenvalue weighted by molar-refractivity contribution is 6.02. The number of hydrogen-bond acceptors (Lipinski definition) is 4. The van der Waals surface area contributed by atoms with Gasteiger partial charge in [0.05, 0.1) is 5.41 Å². The Morgan fingerprint density at radius 1 is 0.972 bits per heavy atom. The van der Waals surface area contributed by atoms with Crippen molar-refractivity contribution in [3.05, 3.63) is 77.4 Å². The van der Waals surface area contributed by atoms with Gasteiger partial charge in [0.1, 0.15) is 0 Å². The molecule has 186 valence electrons. The Kier molecular flexibility index (Phi) is 6.44. The lowest BCUT2D eigenvalue weighted by Gasteiger charge is -2.18. The Bertz CT molecular complexity index is 1290. The number of nitrogens with one attached hydrogen (secondary N) is 1. The normalized spacial score (nSPS) is 14.9. The molecule has 6 heteroatoms. The molecule has 0 spiro atoms. The third-order valence-electron chi connectivity index (χ3n) is 7.18. The Morgan fingerprint density at radius 3 is 2.44 bits per heavy atom. The number of fused-ring (bicyclic) bond motifs is 1. The third-order valence-corrected chi connectivity index (χ3v) is 7.18. The van der Waals surface area contributed by atoms with Crippen LogP contribution < -0.4 is 14.8 Å². The molecule has 0 unspecified atom stereocenters. The number of benzene rings is 3. The van der Waals surface area contributed by atoms with E-state index in [1.165, 1.54) is 0 Å². The van der Waals surface area contributed by atoms with Crippen molar-refractivity contribution in [3.63, 3.8) is 0 Å². The summed E-state index contributed by atoms with van der Waals surface area (Å²) in [6.45, 7) is 4.90. The van der Waals surface area contributed by atoms with Gasteiger partial charge in [-0.15, -0.1) is 0 Å². The molecule has 2 amide bonds. The van der Waals surface area contributed by atoms with Crippen LogP contribution in [0.1, 0.15) is 49.3 Å². The van der Waals surface area contributed by atoms with Gasteiger partial charge in [0.15, 0.2) is 11.5 Å². The molecule has 0 atom stereocenters. The Balaban J connectivity index is 1.30. The third kappa shape index (κ3) is 4.68. The van der Waals surface area contributed by atoms with Crippen LogP contribution in [0.2, 0.25) is 0 Å². The SMILES string of the molecule is CCCC(=O)N(C)Cc1ccc(-c2cc(NC(=O)C3(c4ccc5c(c4)OCO5)CC3)ccc2C)cc1. The van der Waals surface area contributed by atoms with E-state index in [1.54, 1.807) is 4.90 Å². The average molecular weight is 485 g/mol. The van der Waals surface area contributed by atoms with E-state index in [4.69, 9.17) is 9.47 Å². The summed E-state index contributed by atoms with van der Waals surface area (Å²) in [5.41, 5.74) is 5.60. The van der Waals surface area contributed by atoms with E-state index < -0.39 is 5.41 Å². The molecule has 3 aromatic rings. The highest BCUT2D eigenvalue weighted by atomic mass is 16.7. The first-order valence-electron chi connectivity index (χ1n) is 12.5. The smallest absolute Gasteiger partial charge is 0.235 e. The van der Waals surface area contributed by atoms with E-state index in [2.05, 4.69) is 36.5 Å². The standard InChI is InChI=1S/C30H32N2O4/c1-4-5-28(33)32(3)18-21-7-9-22(10-8-21)25-17-24(12-6-20(25)2)31-29(34)30(14-15-30)23-11-13-26-27(16-23)36-19-35-26/h6-13,16-17H,4-5,14-15,18-19H2,1-3H3,(H,31,34). The summed E-state index contributed by atoms with van der Waals surface area (Å²) >= 11 is 0. The van der Waals surface area contributed by atoms with Crippen molar-refractivity contribution in [2.45, 2.75) is 51.5 Å². The van der Waals surface area contributed by atoms with Gasteiger partial charge in [0.2, 0.25) is 18.6 Å². The first-order valence-corrected chi connectivity index (χ1v) is 12.5. The fourth-order valence-electron chi connectivity index (χ4n) is 4.78. The highest BCUT2D eigenvalue weighted by Crippen LogP contribution is 2.51. The van der Waals surface area contributed by atoms with Gasteiger partial charge in [-0.2, -0.15) is 0 Å². The van der Waals surface area contributed by atoms with Crippen LogP contribution in [0.15, 0.2) is 60.7 Å². The lowest BCUT2D eigenvalue weighted by Crippen LogP contribution is -2.27. The number of amides is 2. The molecular formula is C30H32N2O4. The van der Waals surface area contributed by atoms with Crippen molar-refractivity contribution >= 4 is 17.5 Å². The second kappa shape index (κ2) is 9.69. The highest BCUT2D eigenvalue weighted by Gasteiger charge is 2.51. The molecular weight excluding hydrogens is 452 g/mol. The van der Waals surface area contributed by atoms with E-state index >= 15 is 0 Å². The lowest BCUT2D eigenvalue weighted by molar-refractivity contribution is -0.130. The first kappa shape index (κ1) is 23.9. The predicted octanol–water partition coefficient (Wildman–Crippen LogP) is 5.82. The minimum Gasteiger partial charge on any atom is -0.454 e. The molecule has 1 heterocycles. The second-order valence-corrected chi connectivity index (χ2v) is 9.83. The maximum atomic E-state index is 13.4. The van der Waals surface area contributed by atoms with Crippen LogP contribution in [0.25, 0.3) is 11.1 Å². The quantitative estimate of drug-likeness (QED) is 0.438. The zero-order chi connectivity index (χ0) is 25.3. The van der Waals surface area contributed by atoms with Crippen molar-refractivity contribution < 1.29 is 19.1 Å². The summed E-state index contributed by atoms with van der Waals surface area (Å²) in [5, 5.41) is 3.16. The monoisotopic (exact) mass is 484 g/mol. The maximum Gasteiger partial charge on any atom is 0.235 e. The van der Waals surface area contributed by atoms with E-state index in [1.807, 2.05) is 50.4 Å². The molecule has 36 heavy (non-hydrogen) atoms. The first-order chi connectivity index (χ1) is 17.4. The van der Waals surface area contributed by atoms with E-state index in [0.717, 1.165) is 58.5 Å². The van der Waals surface area contributed by atoms with Gasteiger partial charge < -0.3 is 19.7 Å². The molecule has 1 aliphatic heterocycles. The Labute approximate surface area is 212 Å². The molecule has 1 N–H and O–H groups in total. The summed E-state index contributed by atoms with van der Waals surface area (Å²) < 4.78 is 10.9. The number of anilines is 1. The number of rotatable bonds is 8. The molecule has 6 nitrogen and oxygen atoms in total. The topological polar surface area (TPSA) is 67.9 Å². The molecule has 1 aliphatic carbocycles. The fraction of sp³-hybridized carbons (Fsp3) is 0.333. The van der Waals surface area contributed by atoms with Crippen LogP contribution in [0.5, 0.6) is 11.5 Å². The van der Waals surface area contributed by atoms with Crippen LogP contribution >= 0.6 is 0 Å². The van der Waals surface area contributed by atoms with Crippen molar-refractivity contribution in [1.29, 1.82) is 0 Å². The maximum absolute atomic E-state index is 13.4. The molecule has 1 fully saturated rings. The zero-order valence-electron chi connectivity index (χ0n) is 21.1. The number of carbonyl (C=O) groups is 2. The molecule has 5 rings (SSSR count). The van der Waals surface area contributed by atoms with Gasteiger partial charge in [0, 0.05) is 25.7 Å². The summed E-state index contributed by atoms with van der Waals surface area (Å²) in [6.07, 6.45) is 3.05. The van der Waals surface area contributed by atoms with Crippen LogP contribution in [0.3, 0.4) is 0 Å². The van der Waals surface area contributed by atoms with Crippen molar-refractivity contribution in [1.82, 2.24) is 4.90 Å². The molecule has 1 saturated carbocycles.